The highest BCUT2D eigenvalue weighted by Crippen LogP contribution is 2.33. The maximum Gasteiger partial charge on any atom is 0.128 e. The molecule has 0 saturated heterocycles. The number of alkyl halides is 1. The highest BCUT2D eigenvalue weighted by molar-refractivity contribution is 6.22. The Labute approximate surface area is 115 Å². The Morgan fingerprint density at radius 2 is 1.84 bits per heavy atom. The minimum Gasteiger partial charge on any atom is -0.496 e. The van der Waals surface area contributed by atoms with Gasteiger partial charge in [0, 0.05) is 5.56 Å². The molecule has 0 N–H and O–H groups in total. The fraction of sp³-hybridized carbons (Fsp3) is 0.200. The van der Waals surface area contributed by atoms with E-state index in [1.807, 2.05) is 13.0 Å². The first kappa shape index (κ1) is 13.8. The van der Waals surface area contributed by atoms with Crippen molar-refractivity contribution in [3.63, 3.8) is 0 Å². The Kier molecular flexibility index (Phi) is 4.05. The van der Waals surface area contributed by atoms with Crippen LogP contribution in [0.2, 0.25) is 0 Å². The van der Waals surface area contributed by atoms with Crippen LogP contribution < -0.4 is 4.74 Å². The molecule has 0 bridgehead atoms. The number of ether oxygens (including phenoxy) is 1. The maximum atomic E-state index is 13.7. The van der Waals surface area contributed by atoms with Crippen molar-refractivity contribution in [2.75, 3.05) is 7.11 Å². The molecule has 0 spiro atoms. The van der Waals surface area contributed by atoms with E-state index in [1.54, 1.807) is 19.2 Å². The molecule has 1 unspecified atom stereocenters. The van der Waals surface area contributed by atoms with Crippen molar-refractivity contribution in [3.05, 3.63) is 64.7 Å². The molecule has 1 atom stereocenters. The predicted molar refractivity (Wildman–Crippen MR) is 71.8 cm³/mol. The second-order valence-electron chi connectivity index (χ2n) is 4.26. The zero-order valence-corrected chi connectivity index (χ0v) is 11.3. The van der Waals surface area contributed by atoms with Gasteiger partial charge < -0.3 is 4.74 Å². The average molecular weight is 283 g/mol. The summed E-state index contributed by atoms with van der Waals surface area (Å²) >= 11 is 6.23. The molecule has 0 fully saturated rings. The molecule has 0 aliphatic carbocycles. The molecule has 1 nitrogen and oxygen atoms in total. The zero-order valence-electron chi connectivity index (χ0n) is 10.6. The largest absolute Gasteiger partial charge is 0.496 e. The lowest BCUT2D eigenvalue weighted by Gasteiger charge is -2.14. The van der Waals surface area contributed by atoms with Gasteiger partial charge in [-0.1, -0.05) is 12.1 Å². The Bertz CT molecular complexity index is 599. The van der Waals surface area contributed by atoms with Gasteiger partial charge in [-0.3, -0.25) is 0 Å². The first-order valence-electron chi connectivity index (χ1n) is 5.76. The second kappa shape index (κ2) is 5.57. The summed E-state index contributed by atoms with van der Waals surface area (Å²) in [4.78, 5) is 0. The second-order valence-corrected chi connectivity index (χ2v) is 4.69. The lowest BCUT2D eigenvalue weighted by molar-refractivity contribution is 0.411. The summed E-state index contributed by atoms with van der Waals surface area (Å²) in [6.07, 6.45) is 0. The number of hydrogen-bond acceptors (Lipinski definition) is 1. The fourth-order valence-electron chi connectivity index (χ4n) is 1.88. The predicted octanol–water partition coefficient (Wildman–Crippen LogP) is 4.61. The molecule has 19 heavy (non-hydrogen) atoms. The van der Waals surface area contributed by atoms with Crippen LogP contribution in [0.5, 0.6) is 5.75 Å². The summed E-state index contributed by atoms with van der Waals surface area (Å²) in [6.45, 7) is 1.90. The summed E-state index contributed by atoms with van der Waals surface area (Å²) < 4.78 is 32.1. The van der Waals surface area contributed by atoms with Gasteiger partial charge in [0.05, 0.1) is 12.5 Å². The van der Waals surface area contributed by atoms with Crippen molar-refractivity contribution in [1.82, 2.24) is 0 Å². The van der Waals surface area contributed by atoms with Gasteiger partial charge in [-0.05, 0) is 42.3 Å². The minimum atomic E-state index is -0.759. The lowest BCUT2D eigenvalue weighted by atomic mass is 10.0. The zero-order chi connectivity index (χ0) is 14.0. The third-order valence-electron chi connectivity index (χ3n) is 2.96. The normalized spacial score (nSPS) is 12.3. The van der Waals surface area contributed by atoms with Gasteiger partial charge in [-0.2, -0.15) is 0 Å². The standard InChI is InChI=1S/C15H13ClF2O/c1-9-3-4-10(7-14(9)19-2)15(16)12-8-11(17)5-6-13(12)18/h3-8,15H,1-2H3. The van der Waals surface area contributed by atoms with Crippen LogP contribution >= 0.6 is 11.6 Å². The van der Waals surface area contributed by atoms with Gasteiger partial charge in [0.15, 0.2) is 0 Å². The lowest BCUT2D eigenvalue weighted by Crippen LogP contribution is -1.99. The van der Waals surface area contributed by atoms with E-state index in [1.165, 1.54) is 0 Å². The third kappa shape index (κ3) is 2.87. The summed E-state index contributed by atoms with van der Waals surface area (Å²) in [5.74, 6) is -0.373. The van der Waals surface area contributed by atoms with Crippen LogP contribution in [0, 0.1) is 18.6 Å². The van der Waals surface area contributed by atoms with E-state index in [4.69, 9.17) is 16.3 Å². The summed E-state index contributed by atoms with van der Waals surface area (Å²) in [5.41, 5.74) is 1.73. The van der Waals surface area contributed by atoms with Crippen LogP contribution in [0.15, 0.2) is 36.4 Å². The van der Waals surface area contributed by atoms with Crippen molar-refractivity contribution >= 4 is 11.6 Å². The van der Waals surface area contributed by atoms with Gasteiger partial charge >= 0.3 is 0 Å². The molecule has 4 heteroatoms. The fourth-order valence-corrected chi connectivity index (χ4v) is 2.19. The molecule has 2 aromatic carbocycles. The first-order chi connectivity index (χ1) is 9.02. The van der Waals surface area contributed by atoms with Crippen molar-refractivity contribution in [2.24, 2.45) is 0 Å². The highest BCUT2D eigenvalue weighted by atomic mass is 35.5. The molecule has 0 heterocycles. The van der Waals surface area contributed by atoms with E-state index >= 15 is 0 Å². The number of halogens is 3. The van der Waals surface area contributed by atoms with E-state index in [2.05, 4.69) is 0 Å². The smallest absolute Gasteiger partial charge is 0.128 e. The van der Waals surface area contributed by atoms with Crippen molar-refractivity contribution in [1.29, 1.82) is 0 Å². The van der Waals surface area contributed by atoms with Gasteiger partial charge in [0.25, 0.3) is 0 Å². The molecule has 2 aromatic rings. The van der Waals surface area contributed by atoms with Crippen LogP contribution in [-0.2, 0) is 0 Å². The molecule has 0 aliphatic rings. The maximum absolute atomic E-state index is 13.7. The molecule has 100 valence electrons. The van der Waals surface area contributed by atoms with Crippen LogP contribution in [-0.4, -0.2) is 7.11 Å². The van der Waals surface area contributed by atoms with E-state index < -0.39 is 17.0 Å². The monoisotopic (exact) mass is 282 g/mol. The molecule has 0 radical (unpaired) electrons. The first-order valence-corrected chi connectivity index (χ1v) is 6.20. The van der Waals surface area contributed by atoms with E-state index in [9.17, 15) is 8.78 Å². The van der Waals surface area contributed by atoms with Crippen molar-refractivity contribution in [3.8, 4) is 5.75 Å². The molecular weight excluding hydrogens is 270 g/mol. The Hall–Kier alpha value is -1.61. The summed E-state index contributed by atoms with van der Waals surface area (Å²) in [5, 5.41) is -0.759. The Morgan fingerprint density at radius 3 is 2.53 bits per heavy atom. The number of aryl methyl sites for hydroxylation is 1. The van der Waals surface area contributed by atoms with E-state index in [-0.39, 0.29) is 5.56 Å². The SMILES string of the molecule is COc1cc(C(Cl)c2cc(F)ccc2F)ccc1C. The molecular formula is C15H13ClF2O. The van der Waals surface area contributed by atoms with Gasteiger partial charge in [-0.25, -0.2) is 8.78 Å². The van der Waals surface area contributed by atoms with Crippen LogP contribution in [0.4, 0.5) is 8.78 Å². The quantitative estimate of drug-likeness (QED) is 0.747. The number of methoxy groups -OCH3 is 1. The topological polar surface area (TPSA) is 9.23 Å². The van der Waals surface area contributed by atoms with Crippen LogP contribution in [0.1, 0.15) is 22.1 Å². The Balaban J connectivity index is 2.43. The summed E-state index contributed by atoms with van der Waals surface area (Å²) in [7, 11) is 1.55. The summed E-state index contributed by atoms with van der Waals surface area (Å²) in [6, 6.07) is 8.60. The van der Waals surface area contributed by atoms with Crippen molar-refractivity contribution < 1.29 is 13.5 Å². The molecule has 0 aromatic heterocycles. The van der Waals surface area contributed by atoms with E-state index in [0.29, 0.717) is 11.3 Å². The van der Waals surface area contributed by atoms with Gasteiger partial charge in [0.2, 0.25) is 0 Å². The highest BCUT2D eigenvalue weighted by Gasteiger charge is 2.17. The Morgan fingerprint density at radius 1 is 1.11 bits per heavy atom. The van der Waals surface area contributed by atoms with E-state index in [0.717, 1.165) is 23.8 Å². The van der Waals surface area contributed by atoms with Gasteiger partial charge in [-0.15, -0.1) is 11.6 Å². The number of rotatable bonds is 3. The minimum absolute atomic E-state index is 0.118. The van der Waals surface area contributed by atoms with Crippen molar-refractivity contribution in [2.45, 2.75) is 12.3 Å². The number of hydrogen-bond donors (Lipinski definition) is 0. The van der Waals surface area contributed by atoms with Crippen LogP contribution in [0.3, 0.4) is 0 Å². The molecule has 0 aliphatic heterocycles. The molecule has 0 amide bonds. The average Bonchev–Trinajstić information content (AvgIpc) is 2.41. The van der Waals surface area contributed by atoms with Crippen LogP contribution in [0.25, 0.3) is 0 Å². The van der Waals surface area contributed by atoms with Gasteiger partial charge in [0.1, 0.15) is 17.4 Å². The third-order valence-corrected chi connectivity index (χ3v) is 3.44. The number of benzene rings is 2. The molecule has 0 saturated carbocycles. The molecule has 2 rings (SSSR count).